The fourth-order valence-corrected chi connectivity index (χ4v) is 4.15. The van der Waals surface area contributed by atoms with Crippen molar-refractivity contribution in [2.24, 2.45) is 7.05 Å². The summed E-state index contributed by atoms with van der Waals surface area (Å²) in [6, 6.07) is 6.28. The molecule has 1 atom stereocenters. The molecular formula is C22H26N6O3. The lowest BCUT2D eigenvalue weighted by molar-refractivity contribution is 0.139. The number of hydrogen-bond acceptors (Lipinski definition) is 8. The van der Waals surface area contributed by atoms with Gasteiger partial charge in [0.15, 0.2) is 0 Å². The van der Waals surface area contributed by atoms with Crippen LogP contribution in [0.5, 0.6) is 5.88 Å². The van der Waals surface area contributed by atoms with Crippen LogP contribution in [-0.4, -0.2) is 69.9 Å². The maximum Gasteiger partial charge on any atom is 0.347 e. The second kappa shape index (κ2) is 8.60. The van der Waals surface area contributed by atoms with Crippen LogP contribution in [0.1, 0.15) is 12.0 Å². The van der Waals surface area contributed by atoms with E-state index in [4.69, 9.17) is 9.47 Å². The van der Waals surface area contributed by atoms with Crippen molar-refractivity contribution in [3.63, 3.8) is 0 Å². The highest BCUT2D eigenvalue weighted by molar-refractivity contribution is 5.86. The molecule has 9 heteroatoms. The highest BCUT2D eigenvalue weighted by Gasteiger charge is 2.21. The van der Waals surface area contributed by atoms with Gasteiger partial charge >= 0.3 is 5.69 Å². The summed E-state index contributed by atoms with van der Waals surface area (Å²) < 4.78 is 13.1. The van der Waals surface area contributed by atoms with Crippen molar-refractivity contribution < 1.29 is 9.47 Å². The van der Waals surface area contributed by atoms with Gasteiger partial charge in [-0.25, -0.2) is 19.7 Å². The zero-order valence-electron chi connectivity index (χ0n) is 17.6. The van der Waals surface area contributed by atoms with E-state index in [-0.39, 0.29) is 11.8 Å². The molecule has 9 nitrogen and oxygen atoms in total. The SMILES string of the molecule is Cn1cc(CN2CCN(c3ccc4ncnc(OC5CCOC5)c4c3)CC2)cnc1=O. The maximum atomic E-state index is 11.5. The summed E-state index contributed by atoms with van der Waals surface area (Å²) in [7, 11) is 1.73. The minimum Gasteiger partial charge on any atom is -0.471 e. The van der Waals surface area contributed by atoms with Crippen molar-refractivity contribution in [3.05, 3.63) is 53.0 Å². The van der Waals surface area contributed by atoms with E-state index < -0.39 is 0 Å². The van der Waals surface area contributed by atoms with Gasteiger partial charge in [0, 0.05) is 69.8 Å². The zero-order chi connectivity index (χ0) is 21.2. The van der Waals surface area contributed by atoms with Crippen LogP contribution in [0.4, 0.5) is 5.69 Å². The van der Waals surface area contributed by atoms with Crippen molar-refractivity contribution in [2.75, 3.05) is 44.3 Å². The van der Waals surface area contributed by atoms with Crippen molar-refractivity contribution in [1.29, 1.82) is 0 Å². The summed E-state index contributed by atoms with van der Waals surface area (Å²) in [4.78, 5) is 28.9. The number of anilines is 1. The number of rotatable bonds is 5. The fourth-order valence-electron chi connectivity index (χ4n) is 4.15. The van der Waals surface area contributed by atoms with Gasteiger partial charge in [-0.2, -0.15) is 0 Å². The van der Waals surface area contributed by atoms with Crippen LogP contribution in [0.25, 0.3) is 10.9 Å². The summed E-state index contributed by atoms with van der Waals surface area (Å²) >= 11 is 0. The monoisotopic (exact) mass is 422 g/mol. The summed E-state index contributed by atoms with van der Waals surface area (Å²) in [6.07, 6.45) is 6.03. The van der Waals surface area contributed by atoms with Gasteiger partial charge < -0.3 is 18.9 Å². The number of hydrogen-bond donors (Lipinski definition) is 0. The Bertz CT molecular complexity index is 1120. The number of aromatic nitrogens is 4. The van der Waals surface area contributed by atoms with Crippen LogP contribution < -0.4 is 15.3 Å². The van der Waals surface area contributed by atoms with Crippen molar-refractivity contribution in [3.8, 4) is 5.88 Å². The van der Waals surface area contributed by atoms with E-state index in [1.807, 2.05) is 12.3 Å². The average Bonchev–Trinajstić information content (AvgIpc) is 3.30. The van der Waals surface area contributed by atoms with Gasteiger partial charge in [-0.15, -0.1) is 0 Å². The van der Waals surface area contributed by atoms with Crippen LogP contribution in [0.3, 0.4) is 0 Å². The standard InChI is InChI=1S/C22H26N6O3/c1-26-12-16(11-23-22(26)29)13-27-5-7-28(8-6-27)17-2-3-20-19(10-17)21(25-15-24-20)31-18-4-9-30-14-18/h2-3,10-12,15,18H,4-9,13-14H2,1H3. The summed E-state index contributed by atoms with van der Waals surface area (Å²) in [5.41, 5.74) is 2.86. The number of nitrogens with zero attached hydrogens (tertiary/aromatic N) is 6. The third-order valence-corrected chi connectivity index (χ3v) is 5.89. The van der Waals surface area contributed by atoms with Crippen LogP contribution in [0.15, 0.2) is 41.7 Å². The molecule has 0 bridgehead atoms. The number of piperazine rings is 1. The van der Waals surface area contributed by atoms with Crippen LogP contribution >= 0.6 is 0 Å². The molecule has 0 saturated carbocycles. The smallest absolute Gasteiger partial charge is 0.347 e. The van der Waals surface area contributed by atoms with E-state index in [1.165, 1.54) is 4.57 Å². The third kappa shape index (κ3) is 4.38. The molecule has 0 spiro atoms. The number of benzene rings is 1. The largest absolute Gasteiger partial charge is 0.471 e. The Morgan fingerprint density at radius 1 is 1.16 bits per heavy atom. The van der Waals surface area contributed by atoms with Gasteiger partial charge in [-0.3, -0.25) is 4.90 Å². The van der Waals surface area contributed by atoms with Gasteiger partial charge in [0.2, 0.25) is 5.88 Å². The first-order chi connectivity index (χ1) is 15.2. The predicted molar refractivity (Wildman–Crippen MR) is 116 cm³/mol. The first kappa shape index (κ1) is 19.9. The lowest BCUT2D eigenvalue weighted by Crippen LogP contribution is -2.46. The molecule has 0 aliphatic carbocycles. The molecular weight excluding hydrogens is 396 g/mol. The van der Waals surface area contributed by atoms with Gasteiger partial charge in [-0.1, -0.05) is 0 Å². The molecule has 31 heavy (non-hydrogen) atoms. The van der Waals surface area contributed by atoms with Crippen LogP contribution in [-0.2, 0) is 18.3 Å². The lowest BCUT2D eigenvalue weighted by Gasteiger charge is -2.36. The molecule has 2 aromatic heterocycles. The third-order valence-electron chi connectivity index (χ3n) is 5.89. The second-order valence-corrected chi connectivity index (χ2v) is 8.10. The average molecular weight is 422 g/mol. The number of ether oxygens (including phenoxy) is 2. The molecule has 0 radical (unpaired) electrons. The highest BCUT2D eigenvalue weighted by atomic mass is 16.5. The molecule has 162 valence electrons. The maximum absolute atomic E-state index is 11.5. The predicted octanol–water partition coefficient (Wildman–Crippen LogP) is 1.21. The van der Waals surface area contributed by atoms with E-state index in [2.05, 4.69) is 36.9 Å². The minimum absolute atomic E-state index is 0.0530. The summed E-state index contributed by atoms with van der Waals surface area (Å²) in [6.45, 7) is 5.86. The van der Waals surface area contributed by atoms with E-state index in [0.717, 1.165) is 67.9 Å². The first-order valence-corrected chi connectivity index (χ1v) is 10.6. The van der Waals surface area contributed by atoms with Crippen LogP contribution in [0.2, 0.25) is 0 Å². The Labute approximate surface area is 180 Å². The molecule has 1 unspecified atom stereocenters. The quantitative estimate of drug-likeness (QED) is 0.607. The Morgan fingerprint density at radius 2 is 2.03 bits per heavy atom. The number of fused-ring (bicyclic) bond motifs is 1. The van der Waals surface area contributed by atoms with E-state index in [1.54, 1.807) is 19.6 Å². The molecule has 2 aliphatic rings. The van der Waals surface area contributed by atoms with E-state index >= 15 is 0 Å². The Morgan fingerprint density at radius 3 is 2.81 bits per heavy atom. The Hall–Kier alpha value is -3.04. The van der Waals surface area contributed by atoms with Gasteiger partial charge in [0.05, 0.1) is 24.1 Å². The van der Waals surface area contributed by atoms with Crippen molar-refractivity contribution in [1.82, 2.24) is 24.4 Å². The molecule has 2 aliphatic heterocycles. The molecule has 5 rings (SSSR count). The first-order valence-electron chi connectivity index (χ1n) is 10.6. The van der Waals surface area contributed by atoms with Crippen molar-refractivity contribution in [2.45, 2.75) is 19.1 Å². The normalized spacial score (nSPS) is 19.8. The molecule has 0 N–H and O–H groups in total. The fraction of sp³-hybridized carbons (Fsp3) is 0.455. The minimum atomic E-state index is -0.224. The van der Waals surface area contributed by atoms with E-state index in [9.17, 15) is 4.79 Å². The molecule has 2 fully saturated rings. The molecule has 2 saturated heterocycles. The summed E-state index contributed by atoms with van der Waals surface area (Å²) in [5.74, 6) is 0.628. The highest BCUT2D eigenvalue weighted by Crippen LogP contribution is 2.29. The molecule has 4 heterocycles. The lowest BCUT2D eigenvalue weighted by atomic mass is 10.1. The molecule has 0 amide bonds. The second-order valence-electron chi connectivity index (χ2n) is 8.10. The topological polar surface area (TPSA) is 85.6 Å². The van der Waals surface area contributed by atoms with Gasteiger partial charge in [0.25, 0.3) is 0 Å². The number of aryl methyl sites for hydroxylation is 1. The van der Waals surface area contributed by atoms with E-state index in [0.29, 0.717) is 12.5 Å². The molecule has 1 aromatic carbocycles. The zero-order valence-corrected chi connectivity index (χ0v) is 17.6. The Kier molecular flexibility index (Phi) is 5.52. The van der Waals surface area contributed by atoms with Gasteiger partial charge in [0.1, 0.15) is 12.4 Å². The Balaban J connectivity index is 1.27. The van der Waals surface area contributed by atoms with Gasteiger partial charge in [-0.05, 0) is 18.2 Å². The summed E-state index contributed by atoms with van der Waals surface area (Å²) in [5, 5.41) is 0.936. The van der Waals surface area contributed by atoms with Crippen LogP contribution in [0, 0.1) is 0 Å². The van der Waals surface area contributed by atoms with Crippen molar-refractivity contribution >= 4 is 16.6 Å². The molecule has 3 aromatic rings.